The van der Waals surface area contributed by atoms with Gasteiger partial charge in [0.25, 0.3) is 0 Å². The fourth-order valence-electron chi connectivity index (χ4n) is 4.84. The maximum absolute atomic E-state index is 14.0. The van der Waals surface area contributed by atoms with Gasteiger partial charge in [0, 0.05) is 41.1 Å². The number of hydrogen-bond donors (Lipinski definition) is 1. The molecule has 0 aliphatic carbocycles. The van der Waals surface area contributed by atoms with Gasteiger partial charge in [-0.05, 0) is 57.9 Å². The molecule has 3 amide bonds. The molecule has 0 radical (unpaired) electrons. The first-order valence-corrected chi connectivity index (χ1v) is 12.6. The van der Waals surface area contributed by atoms with E-state index in [9.17, 15) is 14.4 Å². The van der Waals surface area contributed by atoms with Crippen LogP contribution in [0.5, 0.6) is 0 Å². The number of likely N-dealkylation sites (N-methyl/N-ethyl adjacent to an activating group) is 1. The highest BCUT2D eigenvalue weighted by Gasteiger charge is 2.55. The molecular weight excluding hydrogens is 526 g/mol. The van der Waals surface area contributed by atoms with Crippen LogP contribution in [0.25, 0.3) is 5.57 Å². The van der Waals surface area contributed by atoms with Gasteiger partial charge in [0.05, 0.1) is 12.3 Å². The summed E-state index contributed by atoms with van der Waals surface area (Å²) in [5.74, 6) is -0.105. The number of halogens is 1. The normalized spacial score (nSPS) is 19.2. The Labute approximate surface area is 219 Å². The van der Waals surface area contributed by atoms with Gasteiger partial charge >= 0.3 is 12.2 Å². The van der Waals surface area contributed by atoms with Crippen LogP contribution in [0.3, 0.4) is 0 Å². The first-order valence-electron chi connectivity index (χ1n) is 11.8. The van der Waals surface area contributed by atoms with Crippen LogP contribution in [0.2, 0.25) is 0 Å². The molecule has 190 valence electrons. The van der Waals surface area contributed by atoms with Crippen molar-refractivity contribution in [3.8, 4) is 0 Å². The topological polar surface area (TPSA) is 88.2 Å². The van der Waals surface area contributed by atoms with Crippen LogP contribution >= 0.6 is 15.9 Å². The maximum atomic E-state index is 14.0. The lowest BCUT2D eigenvalue weighted by Crippen LogP contribution is -2.46. The molecule has 1 unspecified atom stereocenters. The molecule has 1 spiro atoms. The molecule has 2 aliphatic rings. The van der Waals surface area contributed by atoms with Crippen molar-refractivity contribution in [1.82, 2.24) is 4.90 Å². The average molecular weight is 556 g/mol. The van der Waals surface area contributed by atoms with Gasteiger partial charge in [0.15, 0.2) is 0 Å². The van der Waals surface area contributed by atoms with Gasteiger partial charge in [0.1, 0.15) is 11.0 Å². The number of carbonyl (C=O) groups is 3. The maximum Gasteiger partial charge on any atom is 0.413 e. The van der Waals surface area contributed by atoms with E-state index in [1.54, 1.807) is 58.0 Å². The van der Waals surface area contributed by atoms with Crippen LogP contribution in [0, 0.1) is 0 Å². The monoisotopic (exact) mass is 555 g/mol. The van der Waals surface area contributed by atoms with Crippen LogP contribution in [0.1, 0.15) is 45.2 Å². The molecule has 0 fully saturated rings. The van der Waals surface area contributed by atoms with E-state index in [2.05, 4.69) is 21.2 Å². The van der Waals surface area contributed by atoms with Gasteiger partial charge in [-0.3, -0.25) is 15.0 Å². The van der Waals surface area contributed by atoms with Crippen molar-refractivity contribution in [3.05, 3.63) is 64.3 Å². The summed E-state index contributed by atoms with van der Waals surface area (Å²) >= 11 is 3.67. The van der Waals surface area contributed by atoms with Crippen LogP contribution in [0.15, 0.2) is 53.1 Å². The number of amides is 3. The Hall–Kier alpha value is -3.33. The molecule has 0 aromatic heterocycles. The molecule has 2 aromatic rings. The standard InChI is InChI=1S/C27H30BrN3O5/c1-6-35-25(34)31-15-14-27(22-19(28)11-9-13-21(22)30(5)23(27)32)18(16-31)17-10-7-8-12-20(17)29-24(33)36-26(2,3)4/h7-13,16H,6,14-15H2,1-5H3,(H,29,33). The van der Waals surface area contributed by atoms with Gasteiger partial charge in [-0.25, -0.2) is 9.59 Å². The summed E-state index contributed by atoms with van der Waals surface area (Å²) in [7, 11) is 1.75. The smallest absolute Gasteiger partial charge is 0.413 e. The summed E-state index contributed by atoms with van der Waals surface area (Å²) in [5.41, 5.74) is 1.55. The number of fused-ring (bicyclic) bond motifs is 2. The van der Waals surface area contributed by atoms with Crippen molar-refractivity contribution in [2.75, 3.05) is 30.4 Å². The third-order valence-corrected chi connectivity index (χ3v) is 6.94. The summed E-state index contributed by atoms with van der Waals surface area (Å²) in [6.07, 6.45) is 0.918. The zero-order valence-electron chi connectivity index (χ0n) is 21.1. The Morgan fingerprint density at radius 1 is 1.14 bits per heavy atom. The summed E-state index contributed by atoms with van der Waals surface area (Å²) in [6, 6.07) is 12.9. The molecule has 1 atom stereocenters. The second-order valence-electron chi connectivity index (χ2n) is 9.76. The lowest BCUT2D eigenvalue weighted by atomic mass is 9.68. The van der Waals surface area contributed by atoms with Crippen molar-refractivity contribution in [2.45, 2.75) is 45.1 Å². The number of rotatable bonds is 3. The summed E-state index contributed by atoms with van der Waals surface area (Å²) < 4.78 is 11.5. The highest BCUT2D eigenvalue weighted by molar-refractivity contribution is 9.10. The van der Waals surface area contributed by atoms with Gasteiger partial charge in [-0.1, -0.05) is 40.2 Å². The fraction of sp³-hybridized carbons (Fsp3) is 0.370. The molecule has 0 bridgehead atoms. The molecule has 2 aliphatic heterocycles. The minimum Gasteiger partial charge on any atom is -0.449 e. The van der Waals surface area contributed by atoms with Gasteiger partial charge < -0.3 is 14.4 Å². The molecular formula is C27H30BrN3O5. The average Bonchev–Trinajstić information content (AvgIpc) is 3.02. The minimum atomic E-state index is -1.07. The Morgan fingerprint density at radius 2 is 1.86 bits per heavy atom. The SMILES string of the molecule is CCOC(=O)N1C=C(c2ccccc2NC(=O)OC(C)(C)C)C2(CC1)C(=O)N(C)c1cccc(Br)c12. The second kappa shape index (κ2) is 9.61. The summed E-state index contributed by atoms with van der Waals surface area (Å²) in [6.45, 7) is 7.64. The van der Waals surface area contributed by atoms with Crippen LogP contribution in [-0.4, -0.2) is 48.8 Å². The molecule has 36 heavy (non-hydrogen) atoms. The Kier molecular flexibility index (Phi) is 6.88. The third kappa shape index (κ3) is 4.48. The largest absolute Gasteiger partial charge is 0.449 e. The van der Waals surface area contributed by atoms with Crippen LogP contribution in [0.4, 0.5) is 21.0 Å². The van der Waals surface area contributed by atoms with Crippen molar-refractivity contribution in [2.24, 2.45) is 0 Å². The Balaban J connectivity index is 1.91. The van der Waals surface area contributed by atoms with E-state index in [-0.39, 0.29) is 12.5 Å². The molecule has 0 saturated carbocycles. The van der Waals surface area contributed by atoms with Gasteiger partial charge in [-0.2, -0.15) is 0 Å². The molecule has 2 aromatic carbocycles. The number of para-hydroxylation sites is 1. The Bertz CT molecular complexity index is 1250. The second-order valence-corrected chi connectivity index (χ2v) is 10.6. The van der Waals surface area contributed by atoms with E-state index in [1.807, 2.05) is 30.3 Å². The van der Waals surface area contributed by atoms with Gasteiger partial charge in [-0.15, -0.1) is 0 Å². The Morgan fingerprint density at radius 3 is 2.56 bits per heavy atom. The molecule has 8 nitrogen and oxygen atoms in total. The lowest BCUT2D eigenvalue weighted by Gasteiger charge is -2.39. The molecule has 9 heteroatoms. The predicted octanol–water partition coefficient (Wildman–Crippen LogP) is 5.91. The number of carbonyl (C=O) groups excluding carboxylic acids is 3. The zero-order chi connectivity index (χ0) is 26.3. The highest BCUT2D eigenvalue weighted by Crippen LogP contribution is 2.56. The van der Waals surface area contributed by atoms with Crippen LogP contribution < -0.4 is 10.2 Å². The number of anilines is 2. The van der Waals surface area contributed by atoms with E-state index in [0.29, 0.717) is 29.8 Å². The highest BCUT2D eigenvalue weighted by atomic mass is 79.9. The lowest BCUT2D eigenvalue weighted by molar-refractivity contribution is -0.121. The molecule has 1 N–H and O–H groups in total. The van der Waals surface area contributed by atoms with Crippen molar-refractivity contribution < 1.29 is 23.9 Å². The van der Waals surface area contributed by atoms with Gasteiger partial charge in [0.2, 0.25) is 5.91 Å². The van der Waals surface area contributed by atoms with E-state index >= 15 is 0 Å². The number of ether oxygens (including phenoxy) is 2. The van der Waals surface area contributed by atoms with E-state index in [0.717, 1.165) is 15.7 Å². The number of nitrogens with one attached hydrogen (secondary N) is 1. The van der Waals surface area contributed by atoms with E-state index < -0.39 is 23.2 Å². The van der Waals surface area contributed by atoms with E-state index in [4.69, 9.17) is 9.47 Å². The fourth-order valence-corrected chi connectivity index (χ4v) is 5.54. The number of nitrogens with zero attached hydrogens (tertiary/aromatic N) is 2. The van der Waals surface area contributed by atoms with Crippen molar-refractivity contribution >= 4 is 51.0 Å². The third-order valence-electron chi connectivity index (χ3n) is 6.28. The molecule has 2 heterocycles. The van der Waals surface area contributed by atoms with Crippen molar-refractivity contribution in [1.29, 1.82) is 0 Å². The molecule has 4 rings (SSSR count). The zero-order valence-corrected chi connectivity index (χ0v) is 22.6. The van der Waals surface area contributed by atoms with E-state index in [1.165, 1.54) is 4.90 Å². The number of benzene rings is 2. The summed E-state index contributed by atoms with van der Waals surface area (Å²) in [5, 5.41) is 2.83. The van der Waals surface area contributed by atoms with Crippen molar-refractivity contribution in [3.63, 3.8) is 0 Å². The quantitative estimate of drug-likeness (QED) is 0.508. The summed E-state index contributed by atoms with van der Waals surface area (Å²) in [4.78, 5) is 42.6. The minimum absolute atomic E-state index is 0.105. The first-order chi connectivity index (χ1) is 17.0. The first kappa shape index (κ1) is 25.8. The molecule has 0 saturated heterocycles. The number of hydrogen-bond acceptors (Lipinski definition) is 5. The predicted molar refractivity (Wildman–Crippen MR) is 142 cm³/mol. The van der Waals surface area contributed by atoms with Crippen LogP contribution in [-0.2, 0) is 19.7 Å².